The van der Waals surface area contributed by atoms with Gasteiger partial charge in [0.2, 0.25) is 0 Å². The predicted molar refractivity (Wildman–Crippen MR) is 91.9 cm³/mol. The fourth-order valence-electron chi connectivity index (χ4n) is 2.46. The molecule has 0 aliphatic heterocycles. The van der Waals surface area contributed by atoms with Gasteiger partial charge < -0.3 is 0 Å². The number of nitrogens with one attached hydrogen (secondary N) is 1. The SMILES string of the molecule is CCc1cc(NS(=O)(=O)c2ccc(C)cc2)cc(CC)c1C#N. The van der Waals surface area contributed by atoms with E-state index in [4.69, 9.17) is 0 Å². The lowest BCUT2D eigenvalue weighted by Gasteiger charge is -2.13. The van der Waals surface area contributed by atoms with Gasteiger partial charge in [-0.2, -0.15) is 5.26 Å². The van der Waals surface area contributed by atoms with Gasteiger partial charge in [-0.05, 0) is 55.2 Å². The lowest BCUT2D eigenvalue weighted by atomic mass is 9.98. The van der Waals surface area contributed by atoms with Gasteiger partial charge in [-0.25, -0.2) is 8.42 Å². The molecule has 23 heavy (non-hydrogen) atoms. The Bertz CT molecular complexity index is 823. The summed E-state index contributed by atoms with van der Waals surface area (Å²) in [7, 11) is -3.63. The smallest absolute Gasteiger partial charge is 0.261 e. The Kier molecular flexibility index (Phi) is 5.07. The Labute approximate surface area is 137 Å². The van der Waals surface area contributed by atoms with E-state index >= 15 is 0 Å². The number of anilines is 1. The topological polar surface area (TPSA) is 70.0 Å². The third-order valence-electron chi connectivity index (χ3n) is 3.76. The molecule has 2 aromatic rings. The van der Waals surface area contributed by atoms with Crippen LogP contribution in [0.4, 0.5) is 5.69 Å². The average Bonchev–Trinajstić information content (AvgIpc) is 2.53. The van der Waals surface area contributed by atoms with Crippen LogP contribution in [0.5, 0.6) is 0 Å². The van der Waals surface area contributed by atoms with E-state index in [2.05, 4.69) is 10.8 Å². The van der Waals surface area contributed by atoms with E-state index in [1.54, 1.807) is 36.4 Å². The highest BCUT2D eigenvalue weighted by Crippen LogP contribution is 2.24. The molecule has 0 saturated heterocycles. The Balaban J connectivity index is 2.43. The van der Waals surface area contributed by atoms with Gasteiger partial charge >= 0.3 is 0 Å². The summed E-state index contributed by atoms with van der Waals surface area (Å²) in [6, 6.07) is 12.4. The van der Waals surface area contributed by atoms with Crippen molar-refractivity contribution in [2.75, 3.05) is 4.72 Å². The number of rotatable bonds is 5. The van der Waals surface area contributed by atoms with Gasteiger partial charge in [0.25, 0.3) is 10.0 Å². The minimum Gasteiger partial charge on any atom is -0.280 e. The van der Waals surface area contributed by atoms with E-state index in [-0.39, 0.29) is 4.90 Å². The first-order valence-corrected chi connectivity index (χ1v) is 9.05. The van der Waals surface area contributed by atoms with Crippen LogP contribution in [0.2, 0.25) is 0 Å². The van der Waals surface area contributed by atoms with Crippen LogP contribution in [0, 0.1) is 18.3 Å². The molecule has 2 aromatic carbocycles. The van der Waals surface area contributed by atoms with Crippen molar-refractivity contribution in [1.29, 1.82) is 5.26 Å². The molecule has 0 unspecified atom stereocenters. The Morgan fingerprint density at radius 3 is 2.00 bits per heavy atom. The van der Waals surface area contributed by atoms with E-state index in [1.807, 2.05) is 20.8 Å². The maximum absolute atomic E-state index is 12.5. The maximum atomic E-state index is 12.5. The predicted octanol–water partition coefficient (Wildman–Crippen LogP) is 3.79. The molecule has 0 aliphatic rings. The quantitative estimate of drug-likeness (QED) is 0.907. The Morgan fingerprint density at radius 2 is 1.57 bits per heavy atom. The molecule has 5 heteroatoms. The highest BCUT2D eigenvalue weighted by atomic mass is 32.2. The molecule has 2 rings (SSSR count). The van der Waals surface area contributed by atoms with Crippen LogP contribution in [0.25, 0.3) is 0 Å². The van der Waals surface area contributed by atoms with Gasteiger partial charge in [0, 0.05) is 5.69 Å². The van der Waals surface area contributed by atoms with Crippen LogP contribution < -0.4 is 4.72 Å². The van der Waals surface area contributed by atoms with Gasteiger partial charge in [0.1, 0.15) is 0 Å². The fourth-order valence-corrected chi connectivity index (χ4v) is 3.50. The molecule has 0 saturated carbocycles. The van der Waals surface area contributed by atoms with Crippen LogP contribution in [0.15, 0.2) is 41.3 Å². The zero-order chi connectivity index (χ0) is 17.0. The van der Waals surface area contributed by atoms with Crippen LogP contribution in [0.3, 0.4) is 0 Å². The summed E-state index contributed by atoms with van der Waals surface area (Å²) >= 11 is 0. The molecule has 0 spiro atoms. The number of nitrogens with zero attached hydrogens (tertiary/aromatic N) is 1. The molecular formula is C18H20N2O2S. The number of hydrogen-bond donors (Lipinski definition) is 1. The number of sulfonamides is 1. The summed E-state index contributed by atoms with van der Waals surface area (Å²) < 4.78 is 27.6. The second-order valence-corrected chi connectivity index (χ2v) is 7.09. The van der Waals surface area contributed by atoms with Gasteiger partial charge in [0.15, 0.2) is 0 Å². The van der Waals surface area contributed by atoms with Crippen molar-refractivity contribution >= 4 is 15.7 Å². The number of hydrogen-bond acceptors (Lipinski definition) is 3. The highest BCUT2D eigenvalue weighted by Gasteiger charge is 2.16. The average molecular weight is 328 g/mol. The van der Waals surface area contributed by atoms with E-state index in [0.29, 0.717) is 24.1 Å². The molecule has 120 valence electrons. The Hall–Kier alpha value is -2.32. The molecule has 0 bridgehead atoms. The monoisotopic (exact) mass is 328 g/mol. The second kappa shape index (κ2) is 6.84. The largest absolute Gasteiger partial charge is 0.280 e. The summed E-state index contributed by atoms with van der Waals surface area (Å²) in [5.41, 5.74) is 3.86. The summed E-state index contributed by atoms with van der Waals surface area (Å²) in [6.07, 6.45) is 1.35. The molecule has 0 atom stereocenters. The molecule has 0 aliphatic carbocycles. The van der Waals surface area contributed by atoms with E-state index < -0.39 is 10.0 Å². The van der Waals surface area contributed by atoms with Crippen molar-refractivity contribution < 1.29 is 8.42 Å². The maximum Gasteiger partial charge on any atom is 0.261 e. The van der Waals surface area contributed by atoms with E-state index in [9.17, 15) is 13.7 Å². The van der Waals surface area contributed by atoms with Crippen molar-refractivity contribution in [3.05, 3.63) is 58.7 Å². The minimum atomic E-state index is -3.63. The van der Waals surface area contributed by atoms with Crippen LogP contribution >= 0.6 is 0 Å². The number of aryl methyl sites for hydroxylation is 3. The summed E-state index contributed by atoms with van der Waals surface area (Å²) in [4.78, 5) is 0.226. The van der Waals surface area contributed by atoms with Crippen molar-refractivity contribution in [3.63, 3.8) is 0 Å². The lowest BCUT2D eigenvalue weighted by Crippen LogP contribution is -2.13. The van der Waals surface area contributed by atoms with Gasteiger partial charge in [0.05, 0.1) is 16.5 Å². The molecular weight excluding hydrogens is 308 g/mol. The zero-order valence-electron chi connectivity index (χ0n) is 13.6. The molecule has 0 radical (unpaired) electrons. The molecule has 0 aromatic heterocycles. The standard InChI is InChI=1S/C18H20N2O2S/c1-4-14-10-16(11-15(5-2)18(14)12-19)20-23(21,22)17-8-6-13(3)7-9-17/h6-11,20H,4-5H2,1-3H3. The molecule has 0 amide bonds. The number of benzene rings is 2. The molecule has 0 fully saturated rings. The third-order valence-corrected chi connectivity index (χ3v) is 5.16. The molecule has 1 N–H and O–H groups in total. The van der Waals surface area contributed by atoms with E-state index in [1.165, 1.54) is 0 Å². The summed E-state index contributed by atoms with van der Waals surface area (Å²) in [5, 5.41) is 9.30. The zero-order valence-corrected chi connectivity index (χ0v) is 14.4. The number of nitriles is 1. The first kappa shape index (κ1) is 17.0. The first-order chi connectivity index (χ1) is 10.9. The van der Waals surface area contributed by atoms with Gasteiger partial charge in [-0.15, -0.1) is 0 Å². The van der Waals surface area contributed by atoms with Gasteiger partial charge in [-0.3, -0.25) is 4.72 Å². The first-order valence-electron chi connectivity index (χ1n) is 7.56. The van der Waals surface area contributed by atoms with Crippen LogP contribution in [-0.2, 0) is 22.9 Å². The van der Waals surface area contributed by atoms with Crippen molar-refractivity contribution in [2.24, 2.45) is 0 Å². The molecule has 0 heterocycles. The second-order valence-electron chi connectivity index (χ2n) is 5.41. The summed E-state index contributed by atoms with van der Waals surface area (Å²) in [5.74, 6) is 0. The van der Waals surface area contributed by atoms with Crippen molar-refractivity contribution in [2.45, 2.75) is 38.5 Å². The highest BCUT2D eigenvalue weighted by molar-refractivity contribution is 7.92. The van der Waals surface area contributed by atoms with Crippen LogP contribution in [0.1, 0.15) is 36.1 Å². The van der Waals surface area contributed by atoms with Crippen molar-refractivity contribution in [3.8, 4) is 6.07 Å². The third kappa shape index (κ3) is 3.72. The lowest BCUT2D eigenvalue weighted by molar-refractivity contribution is 0.601. The van der Waals surface area contributed by atoms with Crippen molar-refractivity contribution in [1.82, 2.24) is 0 Å². The van der Waals surface area contributed by atoms with Gasteiger partial charge in [-0.1, -0.05) is 31.5 Å². The Morgan fingerprint density at radius 1 is 1.04 bits per heavy atom. The fraction of sp³-hybridized carbons (Fsp3) is 0.278. The molecule has 4 nitrogen and oxygen atoms in total. The summed E-state index contributed by atoms with van der Waals surface area (Å²) in [6.45, 7) is 5.81. The normalized spacial score (nSPS) is 11.0. The van der Waals surface area contributed by atoms with E-state index in [0.717, 1.165) is 16.7 Å². The van der Waals surface area contributed by atoms with Crippen LogP contribution in [-0.4, -0.2) is 8.42 Å². The minimum absolute atomic E-state index is 0.226.